The normalized spacial score (nSPS) is 18.1. The molecule has 1 aromatic carbocycles. The summed E-state index contributed by atoms with van der Waals surface area (Å²) < 4.78 is 5.70. The maximum Gasteiger partial charge on any atom is 0.221 e. The van der Waals surface area contributed by atoms with Gasteiger partial charge in [0.2, 0.25) is 5.91 Å². The summed E-state index contributed by atoms with van der Waals surface area (Å²) in [5.74, 6) is 1.49. The number of nitrogens with two attached hydrogens (primary N) is 1. The third-order valence-electron chi connectivity index (χ3n) is 4.76. The lowest BCUT2D eigenvalue weighted by molar-refractivity contribution is -0.123. The van der Waals surface area contributed by atoms with Crippen LogP contribution in [0.25, 0.3) is 0 Å². The van der Waals surface area contributed by atoms with E-state index in [4.69, 9.17) is 10.5 Å². The van der Waals surface area contributed by atoms with E-state index in [0.29, 0.717) is 13.2 Å². The molecule has 4 N–H and O–H groups in total. The third kappa shape index (κ3) is 7.86. The van der Waals surface area contributed by atoms with Gasteiger partial charge in [-0.15, -0.1) is 0 Å². The summed E-state index contributed by atoms with van der Waals surface area (Å²) in [6, 6.07) is 8.03. The lowest BCUT2D eigenvalue weighted by atomic mass is 9.97. The molecule has 1 heterocycles. The van der Waals surface area contributed by atoms with Gasteiger partial charge in [0.15, 0.2) is 5.96 Å². The van der Waals surface area contributed by atoms with Gasteiger partial charge in [-0.25, -0.2) is 0 Å². The number of hydrogen-bond donors (Lipinski definition) is 3. The van der Waals surface area contributed by atoms with Crippen LogP contribution in [0.4, 0.5) is 0 Å². The number of guanidine groups is 1. The molecular formula is C20H33N5O2. The van der Waals surface area contributed by atoms with Gasteiger partial charge in [0, 0.05) is 20.1 Å². The lowest BCUT2D eigenvalue weighted by Crippen LogP contribution is -2.43. The summed E-state index contributed by atoms with van der Waals surface area (Å²) in [6.07, 6.45) is 2.96. The number of nitrogens with zero attached hydrogens (tertiary/aromatic N) is 2. The van der Waals surface area contributed by atoms with E-state index in [2.05, 4.69) is 27.4 Å². The average molecular weight is 376 g/mol. The second-order valence-corrected chi connectivity index (χ2v) is 6.98. The molecule has 150 valence electrons. The van der Waals surface area contributed by atoms with Crippen LogP contribution in [0.1, 0.15) is 24.8 Å². The highest BCUT2D eigenvalue weighted by atomic mass is 16.5. The molecule has 1 atom stereocenters. The molecule has 0 bridgehead atoms. The predicted molar refractivity (Wildman–Crippen MR) is 109 cm³/mol. The Labute approximate surface area is 162 Å². The number of carbonyl (C=O) groups excluding carboxylic acids is 1. The van der Waals surface area contributed by atoms with Crippen molar-refractivity contribution in [2.24, 2.45) is 16.6 Å². The van der Waals surface area contributed by atoms with E-state index >= 15 is 0 Å². The van der Waals surface area contributed by atoms with Crippen LogP contribution in [0.15, 0.2) is 29.3 Å². The van der Waals surface area contributed by atoms with E-state index in [0.717, 1.165) is 57.2 Å². The minimum atomic E-state index is -0.171. The quantitative estimate of drug-likeness (QED) is 0.342. The molecule has 2 rings (SSSR count). The summed E-state index contributed by atoms with van der Waals surface area (Å²) in [5, 5.41) is 6.56. The fourth-order valence-electron chi connectivity index (χ4n) is 3.19. The van der Waals surface area contributed by atoms with E-state index in [1.165, 1.54) is 5.56 Å². The van der Waals surface area contributed by atoms with Crippen molar-refractivity contribution < 1.29 is 9.53 Å². The van der Waals surface area contributed by atoms with Crippen molar-refractivity contribution in [3.05, 3.63) is 29.8 Å². The van der Waals surface area contributed by atoms with Gasteiger partial charge in [-0.2, -0.15) is 0 Å². The maximum absolute atomic E-state index is 11.3. The molecular weight excluding hydrogens is 342 g/mol. The fourth-order valence-corrected chi connectivity index (χ4v) is 3.19. The average Bonchev–Trinajstić information content (AvgIpc) is 2.68. The third-order valence-corrected chi connectivity index (χ3v) is 4.76. The SMILES string of the molecule is CN=C(NCCCN1CCCC(C(N)=O)C1)NCCOc1ccc(C)cc1. The molecule has 1 unspecified atom stereocenters. The van der Waals surface area contributed by atoms with Crippen molar-refractivity contribution >= 4 is 11.9 Å². The Morgan fingerprint density at radius 1 is 1.30 bits per heavy atom. The van der Waals surface area contributed by atoms with Crippen LogP contribution in [-0.2, 0) is 4.79 Å². The van der Waals surface area contributed by atoms with Crippen molar-refractivity contribution in [3.8, 4) is 5.75 Å². The molecule has 7 heteroatoms. The number of hydrogen-bond acceptors (Lipinski definition) is 4. The highest BCUT2D eigenvalue weighted by molar-refractivity contribution is 5.79. The molecule has 1 saturated heterocycles. The zero-order valence-electron chi connectivity index (χ0n) is 16.5. The second kappa shape index (κ2) is 11.4. The number of primary amides is 1. The van der Waals surface area contributed by atoms with Gasteiger partial charge in [-0.3, -0.25) is 9.79 Å². The monoisotopic (exact) mass is 375 g/mol. The molecule has 1 fully saturated rings. The largest absolute Gasteiger partial charge is 0.492 e. The van der Waals surface area contributed by atoms with Crippen molar-refractivity contribution in [2.45, 2.75) is 26.2 Å². The first-order chi connectivity index (χ1) is 13.1. The van der Waals surface area contributed by atoms with E-state index in [1.54, 1.807) is 7.05 Å². The fraction of sp³-hybridized carbons (Fsp3) is 0.600. The number of amides is 1. The molecule has 0 radical (unpaired) electrons. The smallest absolute Gasteiger partial charge is 0.221 e. The highest BCUT2D eigenvalue weighted by Crippen LogP contribution is 2.15. The zero-order chi connectivity index (χ0) is 19.5. The first kappa shape index (κ1) is 21.0. The summed E-state index contributed by atoms with van der Waals surface area (Å²) in [5.41, 5.74) is 6.65. The number of likely N-dealkylation sites (tertiary alicyclic amines) is 1. The minimum Gasteiger partial charge on any atom is -0.492 e. The van der Waals surface area contributed by atoms with Crippen LogP contribution in [0.3, 0.4) is 0 Å². The molecule has 0 saturated carbocycles. The lowest BCUT2D eigenvalue weighted by Gasteiger charge is -2.31. The molecule has 1 amide bonds. The summed E-state index contributed by atoms with van der Waals surface area (Å²) >= 11 is 0. The van der Waals surface area contributed by atoms with Crippen molar-refractivity contribution in [1.82, 2.24) is 15.5 Å². The van der Waals surface area contributed by atoms with Gasteiger partial charge < -0.3 is 26.0 Å². The molecule has 0 spiro atoms. The van der Waals surface area contributed by atoms with Gasteiger partial charge in [-0.1, -0.05) is 17.7 Å². The van der Waals surface area contributed by atoms with Gasteiger partial charge in [0.05, 0.1) is 12.5 Å². The molecule has 7 nitrogen and oxygen atoms in total. The zero-order valence-corrected chi connectivity index (χ0v) is 16.5. The Bertz CT molecular complexity index is 603. The highest BCUT2D eigenvalue weighted by Gasteiger charge is 2.23. The molecule has 0 aromatic heterocycles. The molecule has 1 aromatic rings. The Hall–Kier alpha value is -2.28. The predicted octanol–water partition coefficient (Wildman–Crippen LogP) is 1.13. The Morgan fingerprint density at radius 2 is 2.04 bits per heavy atom. The molecule has 1 aliphatic heterocycles. The van der Waals surface area contributed by atoms with Gasteiger partial charge in [0.25, 0.3) is 0 Å². The molecule has 1 aliphatic rings. The minimum absolute atomic E-state index is 0.00895. The summed E-state index contributed by atoms with van der Waals surface area (Å²) in [4.78, 5) is 17.9. The number of carbonyl (C=O) groups is 1. The first-order valence-corrected chi connectivity index (χ1v) is 9.74. The second-order valence-electron chi connectivity index (χ2n) is 6.98. The number of benzene rings is 1. The van der Waals surface area contributed by atoms with Crippen molar-refractivity contribution in [1.29, 1.82) is 0 Å². The van der Waals surface area contributed by atoms with Crippen LogP contribution in [-0.4, -0.2) is 63.1 Å². The van der Waals surface area contributed by atoms with Crippen molar-refractivity contribution in [3.63, 3.8) is 0 Å². The maximum atomic E-state index is 11.3. The van der Waals surface area contributed by atoms with Gasteiger partial charge in [0.1, 0.15) is 12.4 Å². The van der Waals surface area contributed by atoms with Crippen LogP contribution in [0.5, 0.6) is 5.75 Å². The Kier molecular flexibility index (Phi) is 8.91. The standard InChI is InChI=1S/C20H33N5O2/c1-16-6-8-18(9-7-16)27-14-11-24-20(22-2)23-10-4-13-25-12-3-5-17(15-25)19(21)26/h6-9,17H,3-5,10-15H2,1-2H3,(H2,21,26)(H2,22,23,24). The van der Waals surface area contributed by atoms with Gasteiger partial charge >= 0.3 is 0 Å². The Balaban J connectivity index is 1.56. The van der Waals surface area contributed by atoms with Crippen LogP contribution < -0.4 is 21.1 Å². The number of aliphatic imine (C=N–C) groups is 1. The van der Waals surface area contributed by atoms with E-state index < -0.39 is 0 Å². The van der Waals surface area contributed by atoms with Crippen LogP contribution in [0.2, 0.25) is 0 Å². The van der Waals surface area contributed by atoms with Gasteiger partial charge in [-0.05, 0) is 51.4 Å². The van der Waals surface area contributed by atoms with E-state index in [9.17, 15) is 4.79 Å². The van der Waals surface area contributed by atoms with Crippen LogP contribution in [0, 0.1) is 12.8 Å². The molecule has 27 heavy (non-hydrogen) atoms. The number of ether oxygens (including phenoxy) is 1. The number of piperidine rings is 1. The number of aryl methyl sites for hydroxylation is 1. The first-order valence-electron chi connectivity index (χ1n) is 9.74. The van der Waals surface area contributed by atoms with E-state index in [1.807, 2.05) is 24.3 Å². The summed E-state index contributed by atoms with van der Waals surface area (Å²) in [7, 11) is 1.76. The topological polar surface area (TPSA) is 92.0 Å². The number of rotatable bonds is 9. The van der Waals surface area contributed by atoms with Crippen molar-refractivity contribution in [2.75, 3.05) is 46.4 Å². The summed E-state index contributed by atoms with van der Waals surface area (Å²) in [6.45, 7) is 6.95. The number of nitrogens with one attached hydrogen (secondary N) is 2. The Morgan fingerprint density at radius 3 is 2.74 bits per heavy atom. The van der Waals surface area contributed by atoms with Crippen LogP contribution >= 0.6 is 0 Å². The van der Waals surface area contributed by atoms with E-state index in [-0.39, 0.29) is 11.8 Å². The molecule has 0 aliphatic carbocycles.